The first-order valence-electron chi connectivity index (χ1n) is 9.89. The van der Waals surface area contributed by atoms with Gasteiger partial charge in [-0.2, -0.15) is 5.26 Å². The smallest absolute Gasteiger partial charge is 0.283 e. The van der Waals surface area contributed by atoms with E-state index in [-0.39, 0.29) is 28.3 Å². The summed E-state index contributed by atoms with van der Waals surface area (Å²) in [6.45, 7) is 1.80. The normalized spacial score (nSPS) is 15.4. The van der Waals surface area contributed by atoms with E-state index in [1.54, 1.807) is 18.4 Å². The van der Waals surface area contributed by atoms with Gasteiger partial charge in [0.25, 0.3) is 5.91 Å². The van der Waals surface area contributed by atoms with Gasteiger partial charge in [-0.3, -0.25) is 14.5 Å². The molecule has 33 heavy (non-hydrogen) atoms. The topological polar surface area (TPSA) is 86.4 Å². The molecule has 1 atom stereocenters. The summed E-state index contributed by atoms with van der Waals surface area (Å²) in [5.41, 5.74) is 2.19. The first kappa shape index (κ1) is 22.6. The van der Waals surface area contributed by atoms with Gasteiger partial charge in [0.1, 0.15) is 16.5 Å². The first-order chi connectivity index (χ1) is 16.0. The highest BCUT2D eigenvalue weighted by Crippen LogP contribution is 2.31. The predicted molar refractivity (Wildman–Crippen MR) is 128 cm³/mol. The average Bonchev–Trinajstić information content (AvgIpc) is 3.37. The van der Waals surface area contributed by atoms with Gasteiger partial charge in [-0.1, -0.05) is 42.1 Å². The molecule has 164 valence electrons. The Morgan fingerprint density at radius 2 is 1.97 bits per heavy atom. The summed E-state index contributed by atoms with van der Waals surface area (Å²) in [6, 6.07) is 16.8. The molecule has 0 spiro atoms. The molecule has 0 saturated carbocycles. The first-order valence-corrected chi connectivity index (χ1v) is 11.8. The molecule has 0 N–H and O–H groups in total. The number of aliphatic imine (C=N–C) groups is 1. The number of halogens is 1. The second-order valence-corrected chi connectivity index (χ2v) is 8.93. The molecule has 3 aromatic rings. The van der Waals surface area contributed by atoms with Crippen molar-refractivity contribution in [2.45, 2.75) is 12.8 Å². The van der Waals surface area contributed by atoms with E-state index in [2.05, 4.69) is 9.98 Å². The zero-order valence-corrected chi connectivity index (χ0v) is 19.1. The van der Waals surface area contributed by atoms with Crippen molar-refractivity contribution >= 4 is 51.7 Å². The number of aryl methyl sites for hydroxylation is 1. The molecule has 1 aromatic heterocycles. The third kappa shape index (κ3) is 5.08. The van der Waals surface area contributed by atoms with Crippen LogP contribution in [0, 0.1) is 24.1 Å². The number of thiazole rings is 1. The van der Waals surface area contributed by atoms with Crippen LogP contribution < -0.4 is 4.90 Å². The van der Waals surface area contributed by atoms with Gasteiger partial charge >= 0.3 is 0 Å². The third-order valence-corrected chi connectivity index (χ3v) is 6.68. The highest BCUT2D eigenvalue weighted by atomic mass is 32.2. The number of nitrogens with zero attached hydrogens (tertiary/aromatic N) is 4. The van der Waals surface area contributed by atoms with Crippen LogP contribution in [-0.4, -0.2) is 27.6 Å². The minimum atomic E-state index is -0.979. The van der Waals surface area contributed by atoms with Crippen LogP contribution in [0.1, 0.15) is 22.2 Å². The van der Waals surface area contributed by atoms with Crippen molar-refractivity contribution in [3.05, 3.63) is 87.8 Å². The molecule has 0 radical (unpaired) electrons. The molecule has 2 heterocycles. The van der Waals surface area contributed by atoms with E-state index in [0.29, 0.717) is 10.7 Å². The van der Waals surface area contributed by atoms with Gasteiger partial charge in [-0.05, 0) is 42.8 Å². The van der Waals surface area contributed by atoms with Crippen LogP contribution in [-0.2, 0) is 9.59 Å². The standard InChI is InChI=1S/C24H17FN4O2S2/c1-15-13-32-22(27-15)19(12-26)21(30)14-33-24-28-20(11-16-5-3-2-4-6-16)23(31)29(24)18-9-7-17(25)8-10-18/h2-11,13,19H,14H2,1H3/b20-11-/t19-/m0/s1. The number of hydrogen-bond donors (Lipinski definition) is 0. The van der Waals surface area contributed by atoms with Gasteiger partial charge in [0.15, 0.2) is 16.9 Å². The van der Waals surface area contributed by atoms with Crippen molar-refractivity contribution in [1.29, 1.82) is 5.26 Å². The Balaban J connectivity index is 1.60. The van der Waals surface area contributed by atoms with E-state index >= 15 is 0 Å². The van der Waals surface area contributed by atoms with Gasteiger partial charge in [0, 0.05) is 11.1 Å². The second kappa shape index (κ2) is 9.90. The molecule has 0 unspecified atom stereocenters. The van der Waals surface area contributed by atoms with Crippen molar-refractivity contribution in [3.8, 4) is 6.07 Å². The number of rotatable bonds is 6. The number of Topliss-reactive ketones (excluding diaryl/α,β-unsaturated/α-hetero) is 1. The lowest BCUT2D eigenvalue weighted by Crippen LogP contribution is -2.31. The Kier molecular flexibility index (Phi) is 6.77. The van der Waals surface area contributed by atoms with Crippen LogP contribution >= 0.6 is 23.1 Å². The number of carbonyl (C=O) groups excluding carboxylic acids is 2. The second-order valence-electron chi connectivity index (χ2n) is 7.10. The van der Waals surface area contributed by atoms with Gasteiger partial charge in [0.05, 0.1) is 17.5 Å². The summed E-state index contributed by atoms with van der Waals surface area (Å²) in [6.07, 6.45) is 1.66. The number of thioether (sulfide) groups is 1. The van der Waals surface area contributed by atoms with Crippen molar-refractivity contribution in [2.75, 3.05) is 10.7 Å². The molecule has 4 rings (SSSR count). The number of ketones is 1. The quantitative estimate of drug-likeness (QED) is 0.470. The lowest BCUT2D eigenvalue weighted by Gasteiger charge is -2.17. The zero-order chi connectivity index (χ0) is 23.4. The average molecular weight is 477 g/mol. The summed E-state index contributed by atoms with van der Waals surface area (Å²) < 4.78 is 13.4. The van der Waals surface area contributed by atoms with E-state index < -0.39 is 11.7 Å². The summed E-state index contributed by atoms with van der Waals surface area (Å²) >= 11 is 2.33. The molecular formula is C24H17FN4O2S2. The van der Waals surface area contributed by atoms with Crippen molar-refractivity contribution in [2.24, 2.45) is 4.99 Å². The van der Waals surface area contributed by atoms with Gasteiger partial charge < -0.3 is 0 Å². The van der Waals surface area contributed by atoms with Crippen LogP contribution in [0.3, 0.4) is 0 Å². The third-order valence-electron chi connectivity index (χ3n) is 4.70. The number of amidine groups is 1. The molecule has 1 aliphatic rings. The number of anilines is 1. The van der Waals surface area contributed by atoms with E-state index in [0.717, 1.165) is 23.0 Å². The van der Waals surface area contributed by atoms with Crippen LogP contribution in [0.25, 0.3) is 6.08 Å². The molecule has 1 aliphatic heterocycles. The van der Waals surface area contributed by atoms with Crippen LogP contribution in [0.4, 0.5) is 10.1 Å². The van der Waals surface area contributed by atoms with Crippen molar-refractivity contribution in [3.63, 3.8) is 0 Å². The molecule has 2 aromatic carbocycles. The number of aromatic nitrogens is 1. The largest absolute Gasteiger partial charge is 0.297 e. The maximum Gasteiger partial charge on any atom is 0.283 e. The predicted octanol–water partition coefficient (Wildman–Crippen LogP) is 4.94. The maximum absolute atomic E-state index is 13.4. The number of hydrogen-bond acceptors (Lipinski definition) is 7. The van der Waals surface area contributed by atoms with Crippen molar-refractivity contribution in [1.82, 2.24) is 4.98 Å². The number of benzene rings is 2. The number of amides is 1. The molecule has 0 aliphatic carbocycles. The molecular weight excluding hydrogens is 459 g/mol. The minimum absolute atomic E-state index is 0.0702. The van der Waals surface area contributed by atoms with Gasteiger partial charge in [-0.25, -0.2) is 14.4 Å². The van der Waals surface area contributed by atoms with Gasteiger partial charge in [0.2, 0.25) is 0 Å². The summed E-state index contributed by atoms with van der Waals surface area (Å²) in [4.78, 5) is 36.0. The van der Waals surface area contributed by atoms with E-state index in [9.17, 15) is 19.2 Å². The lowest BCUT2D eigenvalue weighted by atomic mass is 10.1. The molecule has 0 bridgehead atoms. The summed E-state index contributed by atoms with van der Waals surface area (Å²) in [5.74, 6) is -2.19. The van der Waals surface area contributed by atoms with Crippen LogP contribution in [0.15, 0.2) is 70.7 Å². The highest BCUT2D eigenvalue weighted by molar-refractivity contribution is 8.14. The Labute approximate surface area is 198 Å². The maximum atomic E-state index is 13.4. The number of carbonyl (C=O) groups is 2. The molecule has 9 heteroatoms. The molecule has 1 amide bonds. The summed E-state index contributed by atoms with van der Waals surface area (Å²) in [7, 11) is 0. The van der Waals surface area contributed by atoms with Gasteiger partial charge in [-0.15, -0.1) is 11.3 Å². The van der Waals surface area contributed by atoms with Crippen LogP contribution in [0.2, 0.25) is 0 Å². The number of nitriles is 1. The SMILES string of the molecule is Cc1csc([C@@H](C#N)C(=O)CSC2=N/C(=C\c3ccccc3)C(=O)N2c2ccc(F)cc2)n1. The molecule has 6 nitrogen and oxygen atoms in total. The summed E-state index contributed by atoms with van der Waals surface area (Å²) in [5, 5.41) is 12.0. The Hall–Kier alpha value is -3.61. The van der Waals surface area contributed by atoms with E-state index in [4.69, 9.17) is 0 Å². The Bertz CT molecular complexity index is 1290. The van der Waals surface area contributed by atoms with E-state index in [1.165, 1.54) is 40.5 Å². The van der Waals surface area contributed by atoms with Crippen LogP contribution in [0.5, 0.6) is 0 Å². The van der Waals surface area contributed by atoms with Crippen molar-refractivity contribution < 1.29 is 14.0 Å². The fourth-order valence-electron chi connectivity index (χ4n) is 3.11. The monoisotopic (exact) mass is 476 g/mol. The fourth-order valence-corrected chi connectivity index (χ4v) is 4.89. The Morgan fingerprint density at radius 1 is 1.24 bits per heavy atom. The Morgan fingerprint density at radius 3 is 2.61 bits per heavy atom. The molecule has 0 saturated heterocycles. The lowest BCUT2D eigenvalue weighted by molar-refractivity contribution is -0.117. The van der Waals surface area contributed by atoms with E-state index in [1.807, 2.05) is 36.4 Å². The zero-order valence-electron chi connectivity index (χ0n) is 17.4. The highest BCUT2D eigenvalue weighted by Gasteiger charge is 2.33. The fraction of sp³-hybridized carbons (Fsp3) is 0.125. The minimum Gasteiger partial charge on any atom is -0.297 e. The molecule has 0 fully saturated rings.